The molecule has 0 saturated carbocycles. The molecular weight excluding hydrogens is 258 g/mol. The van der Waals surface area contributed by atoms with Crippen molar-refractivity contribution in [2.75, 3.05) is 13.1 Å². The molecule has 7 heteroatoms. The zero-order valence-electron chi connectivity index (χ0n) is 10.6. The van der Waals surface area contributed by atoms with Gasteiger partial charge in [0.2, 0.25) is 5.89 Å². The van der Waals surface area contributed by atoms with Gasteiger partial charge in [-0.3, -0.25) is 0 Å². The van der Waals surface area contributed by atoms with Crippen molar-refractivity contribution in [3.05, 3.63) is 11.7 Å². The van der Waals surface area contributed by atoms with Crippen LogP contribution in [-0.2, 0) is 10.6 Å². The standard InChI is InChI=1S/C11H16ClN3O3/c1-11(2,3)17-10(16)15-5-7(6-15)9-13-8(4-12)18-14-9/h7H,4-6H2,1-3H3. The van der Waals surface area contributed by atoms with Crippen molar-refractivity contribution in [1.82, 2.24) is 15.0 Å². The zero-order valence-corrected chi connectivity index (χ0v) is 11.4. The molecule has 2 rings (SSSR count). The summed E-state index contributed by atoms with van der Waals surface area (Å²) in [6.45, 7) is 6.63. The summed E-state index contributed by atoms with van der Waals surface area (Å²) in [7, 11) is 0. The quantitative estimate of drug-likeness (QED) is 0.772. The number of aromatic nitrogens is 2. The van der Waals surface area contributed by atoms with Crippen LogP contribution in [0.4, 0.5) is 4.79 Å². The first-order valence-corrected chi connectivity index (χ1v) is 6.29. The number of ether oxygens (including phenoxy) is 1. The van der Waals surface area contributed by atoms with Gasteiger partial charge in [-0.15, -0.1) is 11.6 Å². The lowest BCUT2D eigenvalue weighted by atomic mass is 10.0. The van der Waals surface area contributed by atoms with E-state index >= 15 is 0 Å². The molecule has 100 valence electrons. The van der Waals surface area contributed by atoms with Crippen molar-refractivity contribution in [2.45, 2.75) is 38.2 Å². The van der Waals surface area contributed by atoms with Gasteiger partial charge in [0.25, 0.3) is 0 Å². The van der Waals surface area contributed by atoms with Crippen LogP contribution in [0.5, 0.6) is 0 Å². The molecule has 0 atom stereocenters. The van der Waals surface area contributed by atoms with Crippen molar-refractivity contribution < 1.29 is 14.1 Å². The fraction of sp³-hybridized carbons (Fsp3) is 0.727. The third-order valence-electron chi connectivity index (χ3n) is 2.50. The van der Waals surface area contributed by atoms with E-state index in [1.807, 2.05) is 20.8 Å². The van der Waals surface area contributed by atoms with Gasteiger partial charge in [0.1, 0.15) is 11.5 Å². The zero-order chi connectivity index (χ0) is 13.3. The Morgan fingerprint density at radius 3 is 2.72 bits per heavy atom. The number of carbonyl (C=O) groups excluding carboxylic acids is 1. The second kappa shape index (κ2) is 4.76. The molecule has 0 N–H and O–H groups in total. The van der Waals surface area contributed by atoms with E-state index < -0.39 is 5.60 Å². The van der Waals surface area contributed by atoms with Crippen LogP contribution < -0.4 is 0 Å². The Kier molecular flexibility index (Phi) is 3.47. The highest BCUT2D eigenvalue weighted by molar-refractivity contribution is 6.16. The van der Waals surface area contributed by atoms with E-state index in [0.29, 0.717) is 24.8 Å². The van der Waals surface area contributed by atoms with Gasteiger partial charge in [0.15, 0.2) is 5.82 Å². The Bertz CT molecular complexity index is 435. The van der Waals surface area contributed by atoms with Gasteiger partial charge in [0, 0.05) is 13.1 Å². The van der Waals surface area contributed by atoms with Gasteiger partial charge in [-0.1, -0.05) is 5.16 Å². The van der Waals surface area contributed by atoms with Gasteiger partial charge in [0.05, 0.1) is 5.92 Å². The van der Waals surface area contributed by atoms with Gasteiger partial charge in [-0.2, -0.15) is 4.98 Å². The maximum absolute atomic E-state index is 11.7. The number of nitrogens with zero attached hydrogens (tertiary/aromatic N) is 3. The van der Waals surface area contributed by atoms with Gasteiger partial charge >= 0.3 is 6.09 Å². The fourth-order valence-electron chi connectivity index (χ4n) is 1.61. The molecule has 0 unspecified atom stereocenters. The van der Waals surface area contributed by atoms with Crippen molar-refractivity contribution in [3.63, 3.8) is 0 Å². The average molecular weight is 274 g/mol. The van der Waals surface area contributed by atoms with E-state index in [0.717, 1.165) is 0 Å². The number of alkyl halides is 1. The number of likely N-dealkylation sites (tertiary alicyclic amines) is 1. The summed E-state index contributed by atoms with van der Waals surface area (Å²) in [4.78, 5) is 17.4. The number of halogens is 1. The molecule has 0 aromatic carbocycles. The van der Waals surface area contributed by atoms with Crippen LogP contribution in [0, 0.1) is 0 Å². The van der Waals surface area contributed by atoms with Crippen molar-refractivity contribution in [2.24, 2.45) is 0 Å². The second-order valence-corrected chi connectivity index (χ2v) is 5.53. The van der Waals surface area contributed by atoms with Crippen LogP contribution in [0.15, 0.2) is 4.52 Å². The minimum absolute atomic E-state index is 0.109. The predicted molar refractivity (Wildman–Crippen MR) is 64.4 cm³/mol. The lowest BCUT2D eigenvalue weighted by Gasteiger charge is -2.38. The summed E-state index contributed by atoms with van der Waals surface area (Å²) in [6, 6.07) is 0. The van der Waals surface area contributed by atoms with Gasteiger partial charge in [-0.05, 0) is 20.8 Å². The minimum Gasteiger partial charge on any atom is -0.444 e. The molecule has 1 amide bonds. The van der Waals surface area contributed by atoms with Crippen molar-refractivity contribution in [3.8, 4) is 0 Å². The molecule has 1 aromatic heterocycles. The van der Waals surface area contributed by atoms with Crippen molar-refractivity contribution >= 4 is 17.7 Å². The summed E-state index contributed by atoms with van der Waals surface area (Å²) in [5, 5.41) is 3.83. The molecule has 0 bridgehead atoms. The normalized spacial score (nSPS) is 16.6. The van der Waals surface area contributed by atoms with E-state index in [4.69, 9.17) is 20.9 Å². The maximum atomic E-state index is 11.7. The molecule has 0 spiro atoms. The first kappa shape index (κ1) is 13.1. The Hall–Kier alpha value is -1.30. The Balaban J connectivity index is 1.85. The first-order valence-electron chi connectivity index (χ1n) is 5.75. The molecule has 0 radical (unpaired) electrons. The van der Waals surface area contributed by atoms with Gasteiger partial charge < -0.3 is 14.2 Å². The molecule has 1 aromatic rings. The second-order valence-electron chi connectivity index (χ2n) is 5.26. The third kappa shape index (κ3) is 2.93. The van der Waals surface area contributed by atoms with Crippen LogP contribution in [0.1, 0.15) is 38.4 Å². The molecule has 6 nitrogen and oxygen atoms in total. The highest BCUT2D eigenvalue weighted by atomic mass is 35.5. The molecular formula is C11H16ClN3O3. The number of rotatable bonds is 2. The Morgan fingerprint density at radius 2 is 2.22 bits per heavy atom. The Labute approximate surface area is 110 Å². The predicted octanol–water partition coefficient (Wildman–Crippen LogP) is 2.14. The summed E-state index contributed by atoms with van der Waals surface area (Å²) >= 11 is 5.58. The largest absolute Gasteiger partial charge is 0.444 e. The van der Waals surface area contributed by atoms with Gasteiger partial charge in [-0.25, -0.2) is 4.79 Å². The number of carbonyl (C=O) groups is 1. The third-order valence-corrected chi connectivity index (χ3v) is 2.73. The highest BCUT2D eigenvalue weighted by Crippen LogP contribution is 2.26. The monoisotopic (exact) mass is 273 g/mol. The lowest BCUT2D eigenvalue weighted by molar-refractivity contribution is 0.00734. The summed E-state index contributed by atoms with van der Waals surface area (Å²) in [5.74, 6) is 1.32. The SMILES string of the molecule is CC(C)(C)OC(=O)N1CC(c2noc(CCl)n2)C1. The molecule has 1 saturated heterocycles. The number of amides is 1. The Morgan fingerprint density at radius 1 is 1.56 bits per heavy atom. The summed E-state index contributed by atoms with van der Waals surface area (Å²) < 4.78 is 10.2. The van der Waals surface area contributed by atoms with Crippen LogP contribution in [-0.4, -0.2) is 39.8 Å². The highest BCUT2D eigenvalue weighted by Gasteiger charge is 2.37. The molecule has 18 heavy (non-hydrogen) atoms. The number of hydrogen-bond acceptors (Lipinski definition) is 5. The van der Waals surface area contributed by atoms with Crippen LogP contribution in [0.25, 0.3) is 0 Å². The van der Waals surface area contributed by atoms with E-state index in [2.05, 4.69) is 10.1 Å². The van der Waals surface area contributed by atoms with E-state index in [1.165, 1.54) is 0 Å². The van der Waals surface area contributed by atoms with E-state index in [9.17, 15) is 4.79 Å². The van der Waals surface area contributed by atoms with E-state index in [-0.39, 0.29) is 17.9 Å². The first-order chi connectivity index (χ1) is 8.39. The summed E-state index contributed by atoms with van der Waals surface area (Å²) in [5.41, 5.74) is -0.472. The minimum atomic E-state index is -0.472. The van der Waals surface area contributed by atoms with Crippen LogP contribution >= 0.6 is 11.6 Å². The topological polar surface area (TPSA) is 68.5 Å². The average Bonchev–Trinajstić information content (AvgIpc) is 2.60. The fourth-order valence-corrected chi connectivity index (χ4v) is 1.71. The number of hydrogen-bond donors (Lipinski definition) is 0. The molecule has 1 aliphatic rings. The summed E-state index contributed by atoms with van der Waals surface area (Å²) in [6.07, 6.45) is -0.306. The lowest BCUT2D eigenvalue weighted by Crippen LogP contribution is -2.50. The van der Waals surface area contributed by atoms with E-state index in [1.54, 1.807) is 4.90 Å². The molecule has 0 aliphatic carbocycles. The van der Waals surface area contributed by atoms with Crippen LogP contribution in [0.3, 0.4) is 0 Å². The molecule has 1 aliphatic heterocycles. The van der Waals surface area contributed by atoms with Crippen molar-refractivity contribution in [1.29, 1.82) is 0 Å². The molecule has 2 heterocycles. The van der Waals surface area contributed by atoms with Crippen LogP contribution in [0.2, 0.25) is 0 Å². The smallest absolute Gasteiger partial charge is 0.410 e. The molecule has 1 fully saturated rings. The maximum Gasteiger partial charge on any atom is 0.410 e.